The number of anilines is 1. The molecule has 0 saturated heterocycles. The van der Waals surface area contributed by atoms with Crippen LogP contribution in [0.1, 0.15) is 23.0 Å². The maximum absolute atomic E-state index is 11.9. The van der Waals surface area contributed by atoms with E-state index >= 15 is 0 Å². The van der Waals surface area contributed by atoms with Crippen molar-refractivity contribution >= 4 is 11.6 Å². The van der Waals surface area contributed by atoms with Gasteiger partial charge >= 0.3 is 0 Å². The van der Waals surface area contributed by atoms with E-state index in [-0.39, 0.29) is 5.91 Å². The van der Waals surface area contributed by atoms with E-state index in [1.165, 1.54) is 0 Å². The summed E-state index contributed by atoms with van der Waals surface area (Å²) in [4.78, 5) is 11.9. The van der Waals surface area contributed by atoms with E-state index in [0.29, 0.717) is 24.5 Å². The van der Waals surface area contributed by atoms with Gasteiger partial charge in [-0.1, -0.05) is 0 Å². The Morgan fingerprint density at radius 3 is 3.12 bits per heavy atom. The van der Waals surface area contributed by atoms with Crippen LogP contribution < -0.4 is 11.1 Å². The smallest absolute Gasteiger partial charge is 0.268 e. The molecule has 0 aromatic carbocycles. The molecule has 0 fully saturated rings. The van der Waals surface area contributed by atoms with E-state index in [9.17, 15) is 4.79 Å². The van der Waals surface area contributed by atoms with E-state index in [4.69, 9.17) is 5.73 Å². The van der Waals surface area contributed by atoms with Crippen molar-refractivity contribution in [1.29, 1.82) is 0 Å². The zero-order chi connectivity index (χ0) is 12.3. The Labute approximate surface area is 98.8 Å². The number of nitrogens with one attached hydrogen (secondary N) is 2. The molecule has 0 spiro atoms. The van der Waals surface area contributed by atoms with Gasteiger partial charge < -0.3 is 15.6 Å². The molecule has 17 heavy (non-hydrogen) atoms. The molecule has 90 valence electrons. The van der Waals surface area contributed by atoms with Crippen molar-refractivity contribution in [1.82, 2.24) is 20.1 Å². The van der Waals surface area contributed by atoms with Crippen molar-refractivity contribution in [2.75, 3.05) is 5.73 Å². The fourth-order valence-corrected chi connectivity index (χ4v) is 1.63. The van der Waals surface area contributed by atoms with Gasteiger partial charge in [-0.2, -0.15) is 5.10 Å². The van der Waals surface area contributed by atoms with Gasteiger partial charge in [0, 0.05) is 31.0 Å². The molecule has 2 heterocycles. The topological polar surface area (TPSA) is 88.7 Å². The Balaban J connectivity index is 2.04. The lowest BCUT2D eigenvalue weighted by atomic mass is 10.3. The van der Waals surface area contributed by atoms with Crippen LogP contribution in [0.5, 0.6) is 0 Å². The molecule has 6 heteroatoms. The molecular formula is C11H15N5O. The van der Waals surface area contributed by atoms with E-state index in [1.807, 2.05) is 11.5 Å². The van der Waals surface area contributed by atoms with Gasteiger partial charge in [-0.25, -0.2) is 0 Å². The monoisotopic (exact) mass is 233 g/mol. The molecule has 0 aliphatic heterocycles. The fraction of sp³-hybridized carbons (Fsp3) is 0.273. The Bertz CT molecular complexity index is 500. The number of carbonyl (C=O) groups excluding carboxylic acids is 1. The molecule has 2 aromatic rings. The van der Waals surface area contributed by atoms with Crippen LogP contribution in [0.4, 0.5) is 5.69 Å². The number of H-pyrrole nitrogens is 1. The molecule has 4 N–H and O–H groups in total. The number of nitrogen functional groups attached to an aromatic ring is 1. The van der Waals surface area contributed by atoms with Gasteiger partial charge in [0.05, 0.1) is 11.9 Å². The predicted molar refractivity (Wildman–Crippen MR) is 64.3 cm³/mol. The van der Waals surface area contributed by atoms with Crippen LogP contribution in [0, 0.1) is 0 Å². The summed E-state index contributed by atoms with van der Waals surface area (Å²) < 4.78 is 1.82. The van der Waals surface area contributed by atoms with Crippen molar-refractivity contribution in [3.8, 4) is 0 Å². The molecule has 0 aliphatic carbocycles. The molecule has 0 bridgehead atoms. The summed E-state index contributed by atoms with van der Waals surface area (Å²) in [6.07, 6.45) is 5.17. The van der Waals surface area contributed by atoms with Crippen molar-refractivity contribution in [2.45, 2.75) is 20.0 Å². The van der Waals surface area contributed by atoms with Crippen LogP contribution in [-0.2, 0) is 13.1 Å². The maximum Gasteiger partial charge on any atom is 0.268 e. The predicted octanol–water partition coefficient (Wildman–Crippen LogP) is 0.743. The molecule has 0 saturated carbocycles. The first-order valence-electron chi connectivity index (χ1n) is 5.42. The van der Waals surface area contributed by atoms with Crippen LogP contribution in [0.15, 0.2) is 24.7 Å². The van der Waals surface area contributed by atoms with Gasteiger partial charge in [-0.05, 0) is 13.0 Å². The number of rotatable bonds is 4. The number of aryl methyl sites for hydroxylation is 1. The van der Waals surface area contributed by atoms with E-state index in [2.05, 4.69) is 15.5 Å². The van der Waals surface area contributed by atoms with Gasteiger partial charge in [-0.3, -0.25) is 9.89 Å². The summed E-state index contributed by atoms with van der Waals surface area (Å²) >= 11 is 0. The average molecular weight is 233 g/mol. The Hall–Kier alpha value is -2.24. The van der Waals surface area contributed by atoms with Crippen molar-refractivity contribution in [3.63, 3.8) is 0 Å². The molecule has 6 nitrogen and oxygen atoms in total. The molecular weight excluding hydrogens is 218 g/mol. The highest BCUT2D eigenvalue weighted by molar-refractivity contribution is 5.93. The van der Waals surface area contributed by atoms with Gasteiger partial charge in [0.2, 0.25) is 0 Å². The summed E-state index contributed by atoms with van der Waals surface area (Å²) in [6, 6.07) is 1.67. The lowest BCUT2D eigenvalue weighted by Gasteiger charge is -2.06. The zero-order valence-corrected chi connectivity index (χ0v) is 9.60. The molecule has 2 rings (SSSR count). The minimum absolute atomic E-state index is 0.134. The number of hydrogen-bond donors (Lipinski definition) is 3. The minimum atomic E-state index is -0.134. The van der Waals surface area contributed by atoms with Crippen LogP contribution >= 0.6 is 0 Å². The van der Waals surface area contributed by atoms with E-state index in [1.54, 1.807) is 24.7 Å². The lowest BCUT2D eigenvalue weighted by molar-refractivity contribution is 0.0942. The molecule has 0 radical (unpaired) electrons. The van der Waals surface area contributed by atoms with Crippen LogP contribution in [0.3, 0.4) is 0 Å². The van der Waals surface area contributed by atoms with Crippen LogP contribution in [0.2, 0.25) is 0 Å². The second-order valence-corrected chi connectivity index (χ2v) is 3.73. The zero-order valence-electron chi connectivity index (χ0n) is 9.60. The largest absolute Gasteiger partial charge is 0.397 e. The van der Waals surface area contributed by atoms with Gasteiger partial charge in [0.15, 0.2) is 0 Å². The van der Waals surface area contributed by atoms with Crippen molar-refractivity contribution < 1.29 is 4.79 Å². The summed E-state index contributed by atoms with van der Waals surface area (Å²) in [5.74, 6) is -0.134. The Morgan fingerprint density at radius 2 is 2.47 bits per heavy atom. The molecule has 0 aliphatic rings. The Morgan fingerprint density at radius 1 is 1.65 bits per heavy atom. The van der Waals surface area contributed by atoms with Gasteiger partial charge in [-0.15, -0.1) is 0 Å². The first kappa shape index (κ1) is 11.3. The highest BCUT2D eigenvalue weighted by Crippen LogP contribution is 2.10. The summed E-state index contributed by atoms with van der Waals surface area (Å²) in [5, 5.41) is 9.32. The Kier molecular flexibility index (Phi) is 3.13. The third kappa shape index (κ3) is 2.47. The van der Waals surface area contributed by atoms with Gasteiger partial charge in [0.25, 0.3) is 5.91 Å². The van der Waals surface area contributed by atoms with Gasteiger partial charge in [0.1, 0.15) is 5.69 Å². The highest BCUT2D eigenvalue weighted by Gasteiger charge is 2.11. The molecule has 1 amide bonds. The summed E-state index contributed by atoms with van der Waals surface area (Å²) in [7, 11) is 0. The second kappa shape index (κ2) is 4.73. The highest BCUT2D eigenvalue weighted by atomic mass is 16.1. The number of aromatic nitrogens is 3. The number of nitrogens with zero attached hydrogens (tertiary/aromatic N) is 2. The molecule has 2 aromatic heterocycles. The van der Waals surface area contributed by atoms with Crippen LogP contribution in [-0.4, -0.2) is 20.7 Å². The lowest BCUT2D eigenvalue weighted by Crippen LogP contribution is -2.25. The minimum Gasteiger partial charge on any atom is -0.397 e. The first-order valence-corrected chi connectivity index (χ1v) is 5.42. The number of aromatic amines is 1. The van der Waals surface area contributed by atoms with Crippen molar-refractivity contribution in [2.24, 2.45) is 0 Å². The third-order valence-electron chi connectivity index (χ3n) is 2.50. The quantitative estimate of drug-likeness (QED) is 0.727. The summed E-state index contributed by atoms with van der Waals surface area (Å²) in [5.41, 5.74) is 7.77. The van der Waals surface area contributed by atoms with E-state index < -0.39 is 0 Å². The standard InChI is InChI=1S/C11H15N5O/c1-2-16-7-9(12)3-10(16)11(17)13-4-8-5-14-15-6-8/h3,5-7H,2,4,12H2,1H3,(H,13,17)(H,14,15). The second-order valence-electron chi connectivity index (χ2n) is 3.73. The summed E-state index contributed by atoms with van der Waals surface area (Å²) in [6.45, 7) is 3.13. The maximum atomic E-state index is 11.9. The normalized spacial score (nSPS) is 10.4. The molecule has 0 atom stereocenters. The average Bonchev–Trinajstić information content (AvgIpc) is 2.94. The number of nitrogens with two attached hydrogens (primary N) is 1. The van der Waals surface area contributed by atoms with E-state index in [0.717, 1.165) is 5.56 Å². The van der Waals surface area contributed by atoms with Crippen molar-refractivity contribution in [3.05, 3.63) is 35.9 Å². The fourth-order valence-electron chi connectivity index (χ4n) is 1.63. The third-order valence-corrected chi connectivity index (χ3v) is 2.50. The molecule has 0 unspecified atom stereocenters. The number of hydrogen-bond acceptors (Lipinski definition) is 3. The first-order chi connectivity index (χ1) is 8.20. The number of carbonyl (C=O) groups is 1. The van der Waals surface area contributed by atoms with Crippen LogP contribution in [0.25, 0.3) is 0 Å². The SMILES string of the molecule is CCn1cc(N)cc1C(=O)NCc1cn[nH]c1. The number of amides is 1.